The Bertz CT molecular complexity index is 680. The van der Waals surface area contributed by atoms with E-state index in [2.05, 4.69) is 5.32 Å². The predicted molar refractivity (Wildman–Crippen MR) is 79.4 cm³/mol. The number of nitrogen functional groups attached to an aromatic ring is 1. The molecule has 3 nitrogen and oxygen atoms in total. The van der Waals surface area contributed by atoms with Gasteiger partial charge < -0.3 is 11.1 Å². The Morgan fingerprint density at radius 3 is 2.45 bits per heavy atom. The van der Waals surface area contributed by atoms with Gasteiger partial charge in [0.1, 0.15) is 5.82 Å². The minimum absolute atomic E-state index is 0.325. The number of carbonyl (C=O) groups excluding carboxylic acids is 1. The third kappa shape index (κ3) is 2.79. The molecule has 0 aliphatic carbocycles. The van der Waals surface area contributed by atoms with Crippen LogP contribution in [0.2, 0.25) is 0 Å². The topological polar surface area (TPSA) is 55.1 Å². The lowest BCUT2D eigenvalue weighted by molar-refractivity contribution is 0.102. The van der Waals surface area contributed by atoms with Crippen molar-refractivity contribution in [1.82, 2.24) is 0 Å². The summed E-state index contributed by atoms with van der Waals surface area (Å²) in [4.78, 5) is 12.2. The van der Waals surface area contributed by atoms with E-state index < -0.39 is 5.82 Å². The molecule has 0 radical (unpaired) electrons. The highest BCUT2D eigenvalue weighted by Crippen LogP contribution is 2.23. The predicted octanol–water partition coefficient (Wildman–Crippen LogP) is 3.59. The number of aryl methyl sites for hydroxylation is 3. The average Bonchev–Trinajstić information content (AvgIpc) is 2.38. The Balaban J connectivity index is 2.32. The zero-order valence-corrected chi connectivity index (χ0v) is 11.8. The van der Waals surface area contributed by atoms with Gasteiger partial charge in [-0.1, -0.05) is 6.07 Å². The number of hydrogen-bond acceptors (Lipinski definition) is 2. The largest absolute Gasteiger partial charge is 0.399 e. The van der Waals surface area contributed by atoms with Crippen molar-refractivity contribution in [2.24, 2.45) is 0 Å². The number of rotatable bonds is 2. The summed E-state index contributed by atoms with van der Waals surface area (Å²) in [6.45, 7) is 5.51. The zero-order chi connectivity index (χ0) is 14.9. The highest BCUT2D eigenvalue weighted by Gasteiger charge is 2.12. The van der Waals surface area contributed by atoms with Crippen molar-refractivity contribution in [3.05, 3.63) is 58.4 Å². The summed E-state index contributed by atoms with van der Waals surface area (Å²) in [6.07, 6.45) is 0. The van der Waals surface area contributed by atoms with Crippen LogP contribution in [-0.2, 0) is 0 Å². The molecule has 0 aliphatic rings. The molecular weight excluding hydrogens is 255 g/mol. The number of anilines is 2. The van der Waals surface area contributed by atoms with E-state index in [0.29, 0.717) is 16.9 Å². The molecule has 4 heteroatoms. The lowest BCUT2D eigenvalue weighted by Gasteiger charge is -2.12. The fourth-order valence-corrected chi connectivity index (χ4v) is 2.00. The molecule has 0 bridgehead atoms. The summed E-state index contributed by atoms with van der Waals surface area (Å²) in [5.74, 6) is -0.750. The van der Waals surface area contributed by atoms with Gasteiger partial charge in [0.05, 0.1) is 0 Å². The third-order valence-electron chi connectivity index (χ3n) is 3.31. The van der Waals surface area contributed by atoms with Crippen molar-refractivity contribution in [3.8, 4) is 0 Å². The van der Waals surface area contributed by atoms with Gasteiger partial charge in [0.15, 0.2) is 0 Å². The van der Waals surface area contributed by atoms with Gasteiger partial charge in [-0.3, -0.25) is 4.79 Å². The van der Waals surface area contributed by atoms with Gasteiger partial charge in [-0.05, 0) is 61.7 Å². The Kier molecular flexibility index (Phi) is 3.74. The smallest absolute Gasteiger partial charge is 0.256 e. The fraction of sp³-hybridized carbons (Fsp3) is 0.188. The van der Waals surface area contributed by atoms with Crippen LogP contribution < -0.4 is 11.1 Å². The van der Waals surface area contributed by atoms with Crippen molar-refractivity contribution >= 4 is 17.3 Å². The second-order valence-electron chi connectivity index (χ2n) is 4.94. The molecule has 2 rings (SSSR count). The number of carbonyl (C=O) groups is 1. The number of amides is 1. The summed E-state index contributed by atoms with van der Waals surface area (Å²) in [5, 5.41) is 2.80. The van der Waals surface area contributed by atoms with Crippen LogP contribution in [0.25, 0.3) is 0 Å². The molecule has 0 atom stereocenters. The molecule has 0 spiro atoms. The van der Waals surface area contributed by atoms with Crippen LogP contribution in [0.15, 0.2) is 30.3 Å². The molecule has 0 saturated heterocycles. The summed E-state index contributed by atoms with van der Waals surface area (Å²) in [6, 6.07) is 7.79. The van der Waals surface area contributed by atoms with E-state index in [1.54, 1.807) is 13.0 Å². The first-order chi connectivity index (χ1) is 9.38. The first-order valence-corrected chi connectivity index (χ1v) is 6.32. The minimum Gasteiger partial charge on any atom is -0.399 e. The molecule has 1 amide bonds. The van der Waals surface area contributed by atoms with Crippen LogP contribution in [0.1, 0.15) is 27.0 Å². The highest BCUT2D eigenvalue weighted by molar-refractivity contribution is 6.05. The minimum atomic E-state index is -0.425. The summed E-state index contributed by atoms with van der Waals surface area (Å²) in [5.41, 5.74) is 10.0. The van der Waals surface area contributed by atoms with E-state index in [0.717, 1.165) is 16.7 Å². The van der Waals surface area contributed by atoms with Crippen LogP contribution in [-0.4, -0.2) is 5.91 Å². The molecule has 3 N–H and O–H groups in total. The number of benzene rings is 2. The first-order valence-electron chi connectivity index (χ1n) is 6.32. The van der Waals surface area contributed by atoms with Gasteiger partial charge in [0, 0.05) is 16.9 Å². The number of nitrogens with two attached hydrogens (primary N) is 1. The van der Waals surface area contributed by atoms with E-state index in [4.69, 9.17) is 5.73 Å². The second kappa shape index (κ2) is 5.33. The number of nitrogens with one attached hydrogen (secondary N) is 1. The van der Waals surface area contributed by atoms with E-state index in [9.17, 15) is 9.18 Å². The van der Waals surface area contributed by atoms with E-state index in [1.165, 1.54) is 12.1 Å². The third-order valence-corrected chi connectivity index (χ3v) is 3.31. The van der Waals surface area contributed by atoms with Crippen molar-refractivity contribution in [2.75, 3.05) is 11.1 Å². The first kappa shape index (κ1) is 14.1. The Morgan fingerprint density at radius 1 is 1.05 bits per heavy atom. The molecule has 0 saturated carbocycles. The maximum Gasteiger partial charge on any atom is 0.256 e. The maximum atomic E-state index is 13.2. The van der Waals surface area contributed by atoms with Gasteiger partial charge in [0.2, 0.25) is 0 Å². The lowest BCUT2D eigenvalue weighted by atomic mass is 10.1. The molecule has 2 aromatic carbocycles. The highest BCUT2D eigenvalue weighted by atomic mass is 19.1. The SMILES string of the molecule is Cc1cc(NC(=O)c2cc(F)ccc2C)c(C)cc1N. The van der Waals surface area contributed by atoms with E-state index in [1.807, 2.05) is 26.0 Å². The van der Waals surface area contributed by atoms with Crippen molar-refractivity contribution < 1.29 is 9.18 Å². The summed E-state index contributed by atoms with van der Waals surface area (Å²) < 4.78 is 13.2. The molecule has 20 heavy (non-hydrogen) atoms. The van der Waals surface area contributed by atoms with E-state index >= 15 is 0 Å². The van der Waals surface area contributed by atoms with Crippen molar-refractivity contribution in [3.63, 3.8) is 0 Å². The fourth-order valence-electron chi connectivity index (χ4n) is 2.00. The van der Waals surface area contributed by atoms with Crippen LogP contribution in [0.3, 0.4) is 0 Å². The standard InChI is InChI=1S/C16H17FN2O/c1-9-4-5-12(17)8-13(9)16(20)19-15-7-10(2)14(18)6-11(15)3/h4-8H,18H2,1-3H3,(H,19,20). The lowest BCUT2D eigenvalue weighted by Crippen LogP contribution is -2.15. The van der Waals surface area contributed by atoms with Crippen LogP contribution in [0.4, 0.5) is 15.8 Å². The summed E-state index contributed by atoms with van der Waals surface area (Å²) >= 11 is 0. The normalized spacial score (nSPS) is 10.4. The Morgan fingerprint density at radius 2 is 1.75 bits per heavy atom. The van der Waals surface area contributed by atoms with Crippen LogP contribution in [0.5, 0.6) is 0 Å². The Labute approximate surface area is 117 Å². The average molecular weight is 272 g/mol. The second-order valence-corrected chi connectivity index (χ2v) is 4.94. The van der Waals surface area contributed by atoms with Crippen molar-refractivity contribution in [1.29, 1.82) is 0 Å². The quantitative estimate of drug-likeness (QED) is 0.821. The van der Waals surface area contributed by atoms with Gasteiger partial charge in [-0.25, -0.2) is 4.39 Å². The van der Waals surface area contributed by atoms with Crippen LogP contribution in [0, 0.1) is 26.6 Å². The molecule has 0 aliphatic heterocycles. The zero-order valence-electron chi connectivity index (χ0n) is 11.8. The molecule has 0 fully saturated rings. The van der Waals surface area contributed by atoms with Gasteiger partial charge in [-0.15, -0.1) is 0 Å². The Hall–Kier alpha value is -2.36. The molecule has 0 aromatic heterocycles. The monoisotopic (exact) mass is 272 g/mol. The molecule has 104 valence electrons. The van der Waals surface area contributed by atoms with E-state index in [-0.39, 0.29) is 5.91 Å². The van der Waals surface area contributed by atoms with Gasteiger partial charge in [0.25, 0.3) is 5.91 Å². The molecule has 0 heterocycles. The van der Waals surface area contributed by atoms with Crippen molar-refractivity contribution in [2.45, 2.75) is 20.8 Å². The van der Waals surface area contributed by atoms with Gasteiger partial charge in [-0.2, -0.15) is 0 Å². The summed E-state index contributed by atoms with van der Waals surface area (Å²) in [7, 11) is 0. The molecular formula is C16H17FN2O. The number of halogens is 1. The number of hydrogen-bond donors (Lipinski definition) is 2. The van der Waals surface area contributed by atoms with Gasteiger partial charge >= 0.3 is 0 Å². The van der Waals surface area contributed by atoms with Crippen LogP contribution >= 0.6 is 0 Å². The molecule has 2 aromatic rings. The maximum absolute atomic E-state index is 13.2. The molecule has 0 unspecified atom stereocenters.